The highest BCUT2D eigenvalue weighted by molar-refractivity contribution is 5.94. The quantitative estimate of drug-likeness (QED) is 0.177. The zero-order chi connectivity index (χ0) is 26.9. The molecule has 0 saturated heterocycles. The van der Waals surface area contributed by atoms with Gasteiger partial charge in [0.05, 0.1) is 26.4 Å². The van der Waals surface area contributed by atoms with Gasteiger partial charge in [0.15, 0.2) is 0 Å². The molecule has 0 saturated carbocycles. The number of carbonyl (C=O) groups excluding carboxylic acids is 1. The number of rotatable bonds is 8. The van der Waals surface area contributed by atoms with Gasteiger partial charge in [-0.1, -0.05) is 12.1 Å². The number of nitrogens with one attached hydrogen (secondary N) is 2. The van der Waals surface area contributed by atoms with Crippen LogP contribution in [0.25, 0.3) is 16.7 Å². The molecule has 0 bridgehead atoms. The van der Waals surface area contributed by atoms with E-state index in [1.165, 1.54) is 53.4 Å². The summed E-state index contributed by atoms with van der Waals surface area (Å²) in [6.45, 7) is -0.786. The van der Waals surface area contributed by atoms with Gasteiger partial charge in [-0.15, -0.1) is 0 Å². The second-order valence-corrected chi connectivity index (χ2v) is 7.77. The topological polar surface area (TPSA) is 212 Å². The molecule has 188 valence electrons. The number of nitro groups is 2. The lowest BCUT2D eigenvalue weighted by Gasteiger charge is -2.11. The lowest BCUT2D eigenvalue weighted by atomic mass is 10.2. The minimum atomic E-state index is -1.40. The SMILES string of the molecule is O=C(O)Cn1c(=O)c(=O)[nH]c2cc([N+](=O)[O-])c(-n3ccc(C(=O)NCc4ccc([N+](=O)[O-])cc4)c3)cc21. The first kappa shape index (κ1) is 24.5. The van der Waals surface area contributed by atoms with E-state index < -0.39 is 45.1 Å². The molecule has 0 aliphatic heterocycles. The van der Waals surface area contributed by atoms with Gasteiger partial charge in [-0.3, -0.25) is 44.0 Å². The minimum Gasteiger partial charge on any atom is -0.480 e. The fourth-order valence-corrected chi connectivity index (χ4v) is 3.64. The van der Waals surface area contributed by atoms with Crippen molar-refractivity contribution in [2.45, 2.75) is 13.1 Å². The standard InChI is InChI=1S/C22H16N6O9/c29-19(30)11-26-16-8-17(18(28(36)37)7-15(16)24-21(32)22(26)33)25-6-5-13(10-25)20(31)23-9-12-1-3-14(4-2-12)27(34)35/h1-8,10H,9,11H2,(H,23,31)(H,24,32)(H,29,30). The maximum absolute atomic E-state index is 12.6. The summed E-state index contributed by atoms with van der Waals surface area (Å²) in [5.74, 6) is -1.94. The zero-order valence-electron chi connectivity index (χ0n) is 18.6. The van der Waals surface area contributed by atoms with Gasteiger partial charge in [0.25, 0.3) is 17.3 Å². The van der Waals surface area contributed by atoms with Gasteiger partial charge in [-0.25, -0.2) is 0 Å². The molecule has 0 aliphatic carbocycles. The van der Waals surface area contributed by atoms with E-state index in [1.807, 2.05) is 0 Å². The Labute approximate surface area is 204 Å². The highest BCUT2D eigenvalue weighted by Crippen LogP contribution is 2.28. The first-order valence-corrected chi connectivity index (χ1v) is 10.4. The van der Waals surface area contributed by atoms with Crippen LogP contribution >= 0.6 is 0 Å². The number of carboxylic acids is 1. The number of nitro benzene ring substituents is 2. The van der Waals surface area contributed by atoms with Crippen LogP contribution < -0.4 is 16.4 Å². The summed E-state index contributed by atoms with van der Waals surface area (Å²) in [5, 5.41) is 34.3. The van der Waals surface area contributed by atoms with Crippen molar-refractivity contribution < 1.29 is 24.5 Å². The molecule has 4 aromatic rings. The van der Waals surface area contributed by atoms with Gasteiger partial charge in [0.1, 0.15) is 12.2 Å². The van der Waals surface area contributed by atoms with Crippen LogP contribution in [0, 0.1) is 20.2 Å². The van der Waals surface area contributed by atoms with E-state index in [-0.39, 0.29) is 34.5 Å². The largest absolute Gasteiger partial charge is 0.480 e. The number of aromatic amines is 1. The molecule has 0 spiro atoms. The molecule has 0 radical (unpaired) electrons. The van der Waals surface area contributed by atoms with Crippen molar-refractivity contribution in [3.63, 3.8) is 0 Å². The molecule has 3 N–H and O–H groups in total. The second kappa shape index (κ2) is 9.57. The molecule has 4 rings (SSSR count). The maximum atomic E-state index is 12.6. The Balaban J connectivity index is 1.68. The number of fused-ring (bicyclic) bond motifs is 1. The first-order chi connectivity index (χ1) is 17.5. The molecule has 2 heterocycles. The molecule has 0 unspecified atom stereocenters. The normalized spacial score (nSPS) is 10.8. The van der Waals surface area contributed by atoms with E-state index in [2.05, 4.69) is 10.3 Å². The summed E-state index contributed by atoms with van der Waals surface area (Å²) in [4.78, 5) is 71.4. The van der Waals surface area contributed by atoms with Crippen molar-refractivity contribution in [2.24, 2.45) is 0 Å². The number of amides is 1. The lowest BCUT2D eigenvalue weighted by Crippen LogP contribution is -2.37. The maximum Gasteiger partial charge on any atom is 0.323 e. The van der Waals surface area contributed by atoms with Crippen LogP contribution in [-0.2, 0) is 17.9 Å². The van der Waals surface area contributed by atoms with Crippen LogP contribution in [0.15, 0.2) is 64.4 Å². The average molecular weight is 508 g/mol. The molecule has 0 fully saturated rings. The summed E-state index contributed by atoms with van der Waals surface area (Å²) in [6.07, 6.45) is 2.66. The van der Waals surface area contributed by atoms with Crippen LogP contribution in [0.3, 0.4) is 0 Å². The molecular formula is C22H16N6O9. The Hall–Kier alpha value is -5.60. The number of hydrogen-bond donors (Lipinski definition) is 3. The van der Waals surface area contributed by atoms with Gasteiger partial charge in [0, 0.05) is 37.1 Å². The number of H-pyrrole nitrogens is 1. The van der Waals surface area contributed by atoms with Crippen LogP contribution in [-0.4, -0.2) is 40.9 Å². The fourth-order valence-electron chi connectivity index (χ4n) is 3.64. The zero-order valence-corrected chi connectivity index (χ0v) is 18.6. The molecule has 37 heavy (non-hydrogen) atoms. The molecule has 0 aliphatic rings. The summed E-state index contributed by atoms with van der Waals surface area (Å²) >= 11 is 0. The van der Waals surface area contributed by atoms with E-state index in [1.54, 1.807) is 0 Å². The molecule has 1 amide bonds. The van der Waals surface area contributed by atoms with Gasteiger partial charge in [-0.05, 0) is 17.7 Å². The Morgan fingerprint density at radius 3 is 2.35 bits per heavy atom. The molecule has 2 aromatic heterocycles. The van der Waals surface area contributed by atoms with Crippen molar-refractivity contribution in [2.75, 3.05) is 0 Å². The minimum absolute atomic E-state index is 0.0625. The van der Waals surface area contributed by atoms with E-state index in [0.717, 1.165) is 6.07 Å². The summed E-state index contributed by atoms with van der Waals surface area (Å²) in [7, 11) is 0. The lowest BCUT2D eigenvalue weighted by molar-refractivity contribution is -0.384. The highest BCUT2D eigenvalue weighted by Gasteiger charge is 2.21. The third-order valence-electron chi connectivity index (χ3n) is 5.39. The molecule has 0 atom stereocenters. The number of aliphatic carboxylic acids is 1. The summed E-state index contributed by atoms with van der Waals surface area (Å²) in [6, 6.07) is 9.13. The van der Waals surface area contributed by atoms with Crippen molar-refractivity contribution in [1.29, 1.82) is 0 Å². The second-order valence-electron chi connectivity index (χ2n) is 7.77. The molecule has 15 nitrogen and oxygen atoms in total. The van der Waals surface area contributed by atoms with E-state index in [4.69, 9.17) is 5.11 Å². The molecule has 2 aromatic carbocycles. The number of nitrogens with zero attached hydrogens (tertiary/aromatic N) is 4. The van der Waals surface area contributed by atoms with Gasteiger partial charge >= 0.3 is 17.1 Å². The van der Waals surface area contributed by atoms with Crippen molar-refractivity contribution in [1.82, 2.24) is 19.4 Å². The monoisotopic (exact) mass is 508 g/mol. The summed E-state index contributed by atoms with van der Waals surface area (Å²) in [5.41, 5.74) is -2.39. The smallest absolute Gasteiger partial charge is 0.323 e. The number of benzene rings is 2. The van der Waals surface area contributed by atoms with Crippen molar-refractivity contribution in [3.8, 4) is 5.69 Å². The van der Waals surface area contributed by atoms with Crippen LogP contribution in [0.2, 0.25) is 0 Å². The average Bonchev–Trinajstić information content (AvgIpc) is 3.35. The van der Waals surface area contributed by atoms with Gasteiger partial charge < -0.3 is 20.0 Å². The van der Waals surface area contributed by atoms with Crippen LogP contribution in [0.1, 0.15) is 15.9 Å². The number of carbonyl (C=O) groups is 2. The van der Waals surface area contributed by atoms with Gasteiger partial charge in [-0.2, -0.15) is 0 Å². The third-order valence-corrected chi connectivity index (χ3v) is 5.39. The Bertz CT molecular complexity index is 1700. The highest BCUT2D eigenvalue weighted by atomic mass is 16.6. The van der Waals surface area contributed by atoms with E-state index >= 15 is 0 Å². The third kappa shape index (κ3) is 4.95. The predicted octanol–water partition coefficient (Wildman–Crippen LogP) is 1.31. The van der Waals surface area contributed by atoms with Crippen molar-refractivity contribution >= 4 is 34.3 Å². The first-order valence-electron chi connectivity index (χ1n) is 10.4. The summed E-state index contributed by atoms with van der Waals surface area (Å²) < 4.78 is 1.93. The number of aromatic nitrogens is 3. The van der Waals surface area contributed by atoms with Crippen LogP contribution in [0.5, 0.6) is 0 Å². The van der Waals surface area contributed by atoms with Gasteiger partial charge in [0.2, 0.25) is 0 Å². The van der Waals surface area contributed by atoms with E-state index in [0.29, 0.717) is 10.1 Å². The van der Waals surface area contributed by atoms with Crippen molar-refractivity contribution in [3.05, 3.63) is 107 Å². The van der Waals surface area contributed by atoms with Crippen LogP contribution in [0.4, 0.5) is 11.4 Å². The molecular weight excluding hydrogens is 492 g/mol. The Morgan fingerprint density at radius 2 is 1.73 bits per heavy atom. The Morgan fingerprint density at radius 1 is 1.03 bits per heavy atom. The molecule has 15 heteroatoms. The predicted molar refractivity (Wildman–Crippen MR) is 127 cm³/mol. The number of hydrogen-bond acceptors (Lipinski definition) is 8. The number of non-ortho nitro benzene ring substituents is 1. The fraction of sp³-hybridized carbons (Fsp3) is 0.0909. The Kier molecular flexibility index (Phi) is 6.34. The van der Waals surface area contributed by atoms with E-state index in [9.17, 15) is 39.4 Å². The number of carboxylic acid groups (broad SMARTS) is 1.